The summed E-state index contributed by atoms with van der Waals surface area (Å²) in [5.74, 6) is -1.07. The number of nitrogens with zero attached hydrogens (tertiary/aromatic N) is 1. The van der Waals surface area contributed by atoms with Crippen LogP contribution in [0.25, 0.3) is 0 Å². The van der Waals surface area contributed by atoms with Crippen LogP contribution in [0, 0.1) is 0 Å². The Kier molecular flexibility index (Phi) is 5.12. The van der Waals surface area contributed by atoms with Gasteiger partial charge in [0.15, 0.2) is 6.10 Å². The van der Waals surface area contributed by atoms with Gasteiger partial charge in [0.05, 0.1) is 5.56 Å². The molecule has 1 aliphatic rings. The number of para-hydroxylation sites is 1. The topological polar surface area (TPSA) is 107 Å². The van der Waals surface area contributed by atoms with E-state index < -0.39 is 22.1 Å². The molecule has 9 heteroatoms. The van der Waals surface area contributed by atoms with Crippen LogP contribution >= 0.6 is 11.3 Å². The van der Waals surface area contributed by atoms with Crippen molar-refractivity contribution in [2.75, 3.05) is 11.4 Å². The van der Waals surface area contributed by atoms with E-state index in [0.717, 1.165) is 41.5 Å². The number of thiophene rings is 1. The van der Waals surface area contributed by atoms with Crippen LogP contribution in [-0.2, 0) is 26.0 Å². The third-order valence-corrected chi connectivity index (χ3v) is 6.49. The Hall–Kier alpha value is -2.23. The maximum atomic E-state index is 12.7. The Morgan fingerprint density at radius 1 is 1.31 bits per heavy atom. The minimum Gasteiger partial charge on any atom is -0.449 e. The minimum atomic E-state index is -3.88. The summed E-state index contributed by atoms with van der Waals surface area (Å²) in [6, 6.07) is 8.79. The van der Waals surface area contributed by atoms with Gasteiger partial charge in [0.25, 0.3) is 5.91 Å². The number of hydrogen-bond donors (Lipinski definition) is 1. The van der Waals surface area contributed by atoms with Gasteiger partial charge in [-0.05, 0) is 37.5 Å². The highest BCUT2D eigenvalue weighted by Crippen LogP contribution is 2.27. The van der Waals surface area contributed by atoms with Crippen molar-refractivity contribution in [3.8, 4) is 0 Å². The predicted octanol–water partition coefficient (Wildman–Crippen LogP) is 1.92. The summed E-state index contributed by atoms with van der Waals surface area (Å²) >= 11 is 0.830. The van der Waals surface area contributed by atoms with E-state index in [1.54, 1.807) is 4.90 Å². The number of esters is 1. The van der Waals surface area contributed by atoms with Crippen molar-refractivity contribution in [1.82, 2.24) is 0 Å². The summed E-state index contributed by atoms with van der Waals surface area (Å²) in [7, 11) is -3.88. The van der Waals surface area contributed by atoms with Crippen LogP contribution in [0.3, 0.4) is 0 Å². The number of carbonyl (C=O) groups is 2. The second-order valence-corrected chi connectivity index (χ2v) is 8.67. The first-order valence-electron chi connectivity index (χ1n) is 7.99. The van der Waals surface area contributed by atoms with Crippen LogP contribution in [0.15, 0.2) is 39.9 Å². The van der Waals surface area contributed by atoms with Crippen molar-refractivity contribution in [2.24, 2.45) is 5.14 Å². The average Bonchev–Trinajstić information content (AvgIpc) is 3.11. The smallest absolute Gasteiger partial charge is 0.339 e. The van der Waals surface area contributed by atoms with Crippen molar-refractivity contribution in [3.63, 3.8) is 0 Å². The zero-order valence-corrected chi connectivity index (χ0v) is 15.7. The Bertz CT molecular complexity index is 952. The molecule has 2 heterocycles. The van der Waals surface area contributed by atoms with Crippen molar-refractivity contribution >= 4 is 38.9 Å². The average molecular weight is 394 g/mol. The molecule has 2 aromatic rings. The Morgan fingerprint density at radius 3 is 2.73 bits per heavy atom. The number of carbonyl (C=O) groups excluding carboxylic acids is 2. The van der Waals surface area contributed by atoms with Gasteiger partial charge < -0.3 is 9.64 Å². The molecule has 2 N–H and O–H groups in total. The van der Waals surface area contributed by atoms with E-state index in [-0.39, 0.29) is 15.7 Å². The molecule has 1 aromatic heterocycles. The van der Waals surface area contributed by atoms with E-state index in [9.17, 15) is 18.0 Å². The molecule has 1 amide bonds. The molecule has 0 bridgehead atoms. The quantitative estimate of drug-likeness (QED) is 0.798. The summed E-state index contributed by atoms with van der Waals surface area (Å²) in [4.78, 5) is 26.6. The standard InChI is InChI=1S/C17H18N2O5S2/c1-11(24-17(21)13-9-15(25-10-13)26(18,22)23)16(20)19-8-4-6-12-5-2-3-7-14(12)19/h2-3,5,7,9-11H,4,6,8H2,1H3,(H2,18,22,23)/t11-/m1/s1. The largest absolute Gasteiger partial charge is 0.449 e. The van der Waals surface area contributed by atoms with E-state index in [1.807, 2.05) is 24.3 Å². The number of fused-ring (bicyclic) bond motifs is 1. The van der Waals surface area contributed by atoms with Crippen molar-refractivity contribution in [3.05, 3.63) is 46.8 Å². The van der Waals surface area contributed by atoms with E-state index in [2.05, 4.69) is 0 Å². The summed E-state index contributed by atoms with van der Waals surface area (Å²) in [6.07, 6.45) is 0.747. The van der Waals surface area contributed by atoms with Gasteiger partial charge in [-0.3, -0.25) is 4.79 Å². The van der Waals surface area contributed by atoms with E-state index in [4.69, 9.17) is 9.88 Å². The molecule has 1 atom stereocenters. The highest BCUT2D eigenvalue weighted by molar-refractivity contribution is 7.91. The first kappa shape index (κ1) is 18.6. The fourth-order valence-corrected chi connectivity index (χ4v) is 4.41. The number of anilines is 1. The van der Waals surface area contributed by atoms with Crippen molar-refractivity contribution in [2.45, 2.75) is 30.1 Å². The van der Waals surface area contributed by atoms with Crippen LogP contribution in [0.2, 0.25) is 0 Å². The van der Waals surface area contributed by atoms with Crippen LogP contribution in [0.1, 0.15) is 29.3 Å². The van der Waals surface area contributed by atoms with E-state index in [1.165, 1.54) is 12.3 Å². The van der Waals surface area contributed by atoms with Gasteiger partial charge in [0.2, 0.25) is 10.0 Å². The second-order valence-electron chi connectivity index (χ2n) is 5.97. The zero-order valence-electron chi connectivity index (χ0n) is 14.0. The molecule has 138 valence electrons. The molecular formula is C17H18N2O5S2. The number of ether oxygens (including phenoxy) is 1. The first-order chi connectivity index (χ1) is 12.3. The number of aryl methyl sites for hydroxylation is 1. The summed E-state index contributed by atoms with van der Waals surface area (Å²) < 4.78 is 27.7. The van der Waals surface area contributed by atoms with Crippen molar-refractivity contribution < 1.29 is 22.7 Å². The Morgan fingerprint density at radius 2 is 2.04 bits per heavy atom. The van der Waals surface area contributed by atoms with Crippen LogP contribution in [0.4, 0.5) is 5.69 Å². The summed E-state index contributed by atoms with van der Waals surface area (Å²) in [5, 5.41) is 6.37. The maximum absolute atomic E-state index is 12.7. The zero-order chi connectivity index (χ0) is 18.9. The molecule has 0 radical (unpaired) electrons. The number of amides is 1. The van der Waals surface area contributed by atoms with Gasteiger partial charge in [-0.2, -0.15) is 0 Å². The fourth-order valence-electron chi connectivity index (χ4n) is 2.83. The number of hydrogen-bond acceptors (Lipinski definition) is 6. The molecule has 0 spiro atoms. The van der Waals surface area contributed by atoms with Crippen LogP contribution in [0.5, 0.6) is 0 Å². The van der Waals surface area contributed by atoms with Gasteiger partial charge in [-0.15, -0.1) is 11.3 Å². The van der Waals surface area contributed by atoms with Gasteiger partial charge in [0.1, 0.15) is 4.21 Å². The summed E-state index contributed by atoms with van der Waals surface area (Å²) in [5.41, 5.74) is 1.97. The minimum absolute atomic E-state index is 0.0534. The lowest BCUT2D eigenvalue weighted by molar-refractivity contribution is -0.126. The molecule has 0 fully saturated rings. The predicted molar refractivity (Wildman–Crippen MR) is 97.7 cm³/mol. The van der Waals surface area contributed by atoms with E-state index in [0.29, 0.717) is 6.54 Å². The molecule has 3 rings (SSSR count). The fraction of sp³-hybridized carbons (Fsp3) is 0.294. The summed E-state index contributed by atoms with van der Waals surface area (Å²) in [6.45, 7) is 2.07. The second kappa shape index (κ2) is 7.18. The molecule has 7 nitrogen and oxygen atoms in total. The number of benzene rings is 1. The normalized spacial score (nSPS) is 15.2. The van der Waals surface area contributed by atoms with Crippen LogP contribution < -0.4 is 10.0 Å². The third kappa shape index (κ3) is 3.79. The maximum Gasteiger partial charge on any atom is 0.339 e. The first-order valence-corrected chi connectivity index (χ1v) is 10.4. The molecule has 1 aliphatic heterocycles. The number of primary sulfonamides is 1. The number of nitrogens with two attached hydrogens (primary N) is 1. The third-order valence-electron chi connectivity index (χ3n) is 4.10. The van der Waals surface area contributed by atoms with E-state index >= 15 is 0 Å². The molecule has 1 aromatic carbocycles. The molecular weight excluding hydrogens is 376 g/mol. The highest BCUT2D eigenvalue weighted by atomic mass is 32.2. The lowest BCUT2D eigenvalue weighted by Crippen LogP contribution is -2.42. The number of rotatable bonds is 4. The van der Waals surface area contributed by atoms with Gasteiger partial charge >= 0.3 is 5.97 Å². The van der Waals surface area contributed by atoms with Gasteiger partial charge in [-0.25, -0.2) is 18.4 Å². The number of sulfonamides is 1. The monoisotopic (exact) mass is 394 g/mol. The Balaban J connectivity index is 1.72. The van der Waals surface area contributed by atoms with Gasteiger partial charge in [-0.1, -0.05) is 18.2 Å². The SMILES string of the molecule is C[C@@H](OC(=O)c1csc(S(N)(=O)=O)c1)C(=O)N1CCCc2ccccc21. The van der Waals surface area contributed by atoms with Crippen LogP contribution in [-0.4, -0.2) is 32.9 Å². The van der Waals surface area contributed by atoms with Crippen molar-refractivity contribution in [1.29, 1.82) is 0 Å². The molecule has 0 aliphatic carbocycles. The molecule has 0 saturated heterocycles. The molecule has 26 heavy (non-hydrogen) atoms. The van der Waals surface area contributed by atoms with Gasteiger partial charge in [0, 0.05) is 17.6 Å². The molecule has 0 unspecified atom stereocenters. The highest BCUT2D eigenvalue weighted by Gasteiger charge is 2.29. The Labute approximate surface area is 155 Å². The molecule has 0 saturated carbocycles. The lowest BCUT2D eigenvalue weighted by atomic mass is 10.0. The lowest BCUT2D eigenvalue weighted by Gasteiger charge is -2.31.